The van der Waals surface area contributed by atoms with Crippen LogP contribution in [0.2, 0.25) is 0 Å². The summed E-state index contributed by atoms with van der Waals surface area (Å²) in [6.07, 6.45) is 6.55. The van der Waals surface area contributed by atoms with Gasteiger partial charge in [-0.2, -0.15) is 0 Å². The van der Waals surface area contributed by atoms with E-state index in [1.807, 2.05) is 18.2 Å². The summed E-state index contributed by atoms with van der Waals surface area (Å²) in [5.41, 5.74) is 7.53. The highest BCUT2D eigenvalue weighted by atomic mass is 35.5. The van der Waals surface area contributed by atoms with Crippen LogP contribution < -0.4 is 10.5 Å². The Labute approximate surface area is 110 Å². The van der Waals surface area contributed by atoms with E-state index in [-0.39, 0.29) is 18.4 Å². The Hall–Kier alpha value is -0.730. The third-order valence-corrected chi connectivity index (χ3v) is 3.66. The van der Waals surface area contributed by atoms with Crippen LogP contribution in [0.15, 0.2) is 24.3 Å². The van der Waals surface area contributed by atoms with Crippen molar-refractivity contribution in [1.82, 2.24) is 0 Å². The fourth-order valence-electron chi connectivity index (χ4n) is 2.69. The van der Waals surface area contributed by atoms with Crippen molar-refractivity contribution in [3.8, 4) is 5.75 Å². The second kappa shape index (κ2) is 6.87. The monoisotopic (exact) mass is 255 g/mol. The van der Waals surface area contributed by atoms with Crippen molar-refractivity contribution in [2.75, 3.05) is 7.11 Å². The molecule has 0 saturated heterocycles. The van der Waals surface area contributed by atoms with Crippen molar-refractivity contribution in [3.63, 3.8) is 0 Å². The minimum absolute atomic E-state index is 0. The SMILES string of the molecule is COc1ccccc1[C@@H](N)C1CCCCC1.Cl. The first-order valence-corrected chi connectivity index (χ1v) is 6.21. The molecule has 0 bridgehead atoms. The molecule has 96 valence electrons. The second-order valence-corrected chi connectivity index (χ2v) is 4.67. The Kier molecular flexibility index (Phi) is 5.79. The number of halogens is 1. The van der Waals surface area contributed by atoms with E-state index in [4.69, 9.17) is 10.5 Å². The number of hydrogen-bond donors (Lipinski definition) is 1. The van der Waals surface area contributed by atoms with E-state index in [1.165, 1.54) is 32.1 Å². The number of hydrogen-bond acceptors (Lipinski definition) is 2. The number of rotatable bonds is 3. The highest BCUT2D eigenvalue weighted by Gasteiger charge is 2.23. The van der Waals surface area contributed by atoms with Gasteiger partial charge in [0.1, 0.15) is 5.75 Å². The summed E-state index contributed by atoms with van der Waals surface area (Å²) in [5, 5.41) is 0. The molecule has 0 spiro atoms. The molecular weight excluding hydrogens is 234 g/mol. The molecule has 1 atom stereocenters. The molecule has 1 aromatic rings. The first-order valence-electron chi connectivity index (χ1n) is 6.21. The fraction of sp³-hybridized carbons (Fsp3) is 0.571. The Morgan fingerprint density at radius 3 is 2.47 bits per heavy atom. The van der Waals surface area contributed by atoms with Gasteiger partial charge in [0.15, 0.2) is 0 Å². The first-order chi connectivity index (χ1) is 7.83. The Bertz CT molecular complexity index is 337. The first kappa shape index (κ1) is 14.3. The Balaban J connectivity index is 0.00000144. The minimum Gasteiger partial charge on any atom is -0.496 e. The normalized spacial score (nSPS) is 18.2. The molecule has 1 saturated carbocycles. The van der Waals surface area contributed by atoms with Gasteiger partial charge in [-0.25, -0.2) is 0 Å². The van der Waals surface area contributed by atoms with Gasteiger partial charge in [-0.3, -0.25) is 0 Å². The van der Waals surface area contributed by atoms with E-state index in [2.05, 4.69) is 6.07 Å². The lowest BCUT2D eigenvalue weighted by Gasteiger charge is -2.28. The maximum Gasteiger partial charge on any atom is 0.123 e. The smallest absolute Gasteiger partial charge is 0.123 e. The van der Waals surface area contributed by atoms with Crippen LogP contribution in [0.4, 0.5) is 0 Å². The van der Waals surface area contributed by atoms with Gasteiger partial charge in [0, 0.05) is 11.6 Å². The van der Waals surface area contributed by atoms with Gasteiger partial charge in [-0.1, -0.05) is 37.5 Å². The average Bonchev–Trinajstić information content (AvgIpc) is 2.39. The molecule has 0 heterocycles. The third kappa shape index (κ3) is 3.36. The number of para-hydroxylation sites is 1. The summed E-state index contributed by atoms with van der Waals surface area (Å²) >= 11 is 0. The number of benzene rings is 1. The van der Waals surface area contributed by atoms with Crippen molar-refractivity contribution in [2.24, 2.45) is 11.7 Å². The molecule has 1 aliphatic rings. The molecule has 0 radical (unpaired) electrons. The lowest BCUT2D eigenvalue weighted by Crippen LogP contribution is -2.23. The molecule has 0 aromatic heterocycles. The maximum atomic E-state index is 6.37. The summed E-state index contributed by atoms with van der Waals surface area (Å²) in [5.74, 6) is 1.56. The molecule has 0 aliphatic heterocycles. The van der Waals surface area contributed by atoms with E-state index >= 15 is 0 Å². The summed E-state index contributed by atoms with van der Waals surface area (Å²) in [7, 11) is 1.71. The topological polar surface area (TPSA) is 35.2 Å². The van der Waals surface area contributed by atoms with Gasteiger partial charge < -0.3 is 10.5 Å². The quantitative estimate of drug-likeness (QED) is 0.894. The van der Waals surface area contributed by atoms with Gasteiger partial charge in [-0.05, 0) is 24.8 Å². The second-order valence-electron chi connectivity index (χ2n) is 4.67. The number of ether oxygens (including phenoxy) is 1. The summed E-state index contributed by atoms with van der Waals surface area (Å²) in [4.78, 5) is 0. The predicted molar refractivity (Wildman–Crippen MR) is 73.7 cm³/mol. The van der Waals surface area contributed by atoms with Crippen molar-refractivity contribution in [3.05, 3.63) is 29.8 Å². The van der Waals surface area contributed by atoms with Crippen LogP contribution in [0.1, 0.15) is 43.7 Å². The van der Waals surface area contributed by atoms with Crippen LogP contribution in [-0.2, 0) is 0 Å². The zero-order chi connectivity index (χ0) is 11.4. The molecule has 1 aliphatic carbocycles. The largest absolute Gasteiger partial charge is 0.496 e. The standard InChI is InChI=1S/C14H21NO.ClH/c1-16-13-10-6-5-9-12(13)14(15)11-7-3-2-4-8-11;/h5-6,9-11,14H,2-4,7-8,15H2,1H3;1H/t14-;/m0./s1. The van der Waals surface area contributed by atoms with Crippen LogP contribution in [0, 0.1) is 5.92 Å². The Morgan fingerprint density at radius 2 is 1.82 bits per heavy atom. The summed E-state index contributed by atoms with van der Waals surface area (Å²) in [6.45, 7) is 0. The lowest BCUT2D eigenvalue weighted by atomic mass is 9.81. The minimum atomic E-state index is 0. The highest BCUT2D eigenvalue weighted by Crippen LogP contribution is 2.36. The van der Waals surface area contributed by atoms with E-state index in [9.17, 15) is 0 Å². The van der Waals surface area contributed by atoms with Gasteiger partial charge in [0.25, 0.3) is 0 Å². The third-order valence-electron chi connectivity index (χ3n) is 3.66. The summed E-state index contributed by atoms with van der Waals surface area (Å²) in [6, 6.07) is 8.27. The molecule has 0 amide bonds. The van der Waals surface area contributed by atoms with Crippen LogP contribution in [0.25, 0.3) is 0 Å². The van der Waals surface area contributed by atoms with Crippen molar-refractivity contribution in [1.29, 1.82) is 0 Å². The van der Waals surface area contributed by atoms with E-state index < -0.39 is 0 Å². The molecule has 2 nitrogen and oxygen atoms in total. The zero-order valence-electron chi connectivity index (χ0n) is 10.4. The van der Waals surface area contributed by atoms with Gasteiger partial charge in [0.05, 0.1) is 7.11 Å². The van der Waals surface area contributed by atoms with Crippen molar-refractivity contribution < 1.29 is 4.74 Å². The van der Waals surface area contributed by atoms with Crippen molar-refractivity contribution in [2.45, 2.75) is 38.1 Å². The van der Waals surface area contributed by atoms with Crippen molar-refractivity contribution >= 4 is 12.4 Å². The summed E-state index contributed by atoms with van der Waals surface area (Å²) < 4.78 is 5.38. The lowest BCUT2D eigenvalue weighted by molar-refractivity contribution is 0.301. The Morgan fingerprint density at radius 1 is 1.18 bits per heavy atom. The molecule has 0 unspecified atom stereocenters. The number of methoxy groups -OCH3 is 1. The van der Waals surface area contributed by atoms with E-state index in [0.29, 0.717) is 5.92 Å². The van der Waals surface area contributed by atoms with Crippen LogP contribution in [0.3, 0.4) is 0 Å². The highest BCUT2D eigenvalue weighted by molar-refractivity contribution is 5.85. The molecular formula is C14H22ClNO. The zero-order valence-corrected chi connectivity index (χ0v) is 11.2. The molecule has 1 aromatic carbocycles. The van der Waals surface area contributed by atoms with Gasteiger partial charge in [-0.15, -0.1) is 12.4 Å². The van der Waals surface area contributed by atoms with Crippen LogP contribution in [0.5, 0.6) is 5.75 Å². The maximum absolute atomic E-state index is 6.37. The van der Waals surface area contributed by atoms with Gasteiger partial charge in [0.2, 0.25) is 0 Å². The molecule has 3 heteroatoms. The molecule has 17 heavy (non-hydrogen) atoms. The number of nitrogens with two attached hydrogens (primary N) is 1. The van der Waals surface area contributed by atoms with E-state index in [1.54, 1.807) is 7.11 Å². The average molecular weight is 256 g/mol. The molecule has 2 rings (SSSR count). The van der Waals surface area contributed by atoms with Gasteiger partial charge >= 0.3 is 0 Å². The molecule has 1 fully saturated rings. The fourth-order valence-corrected chi connectivity index (χ4v) is 2.69. The van der Waals surface area contributed by atoms with Crippen LogP contribution in [-0.4, -0.2) is 7.11 Å². The van der Waals surface area contributed by atoms with E-state index in [0.717, 1.165) is 11.3 Å². The predicted octanol–water partition coefficient (Wildman–Crippen LogP) is 3.70. The molecule has 2 N–H and O–H groups in total. The van der Waals surface area contributed by atoms with Crippen LogP contribution >= 0.6 is 12.4 Å².